The van der Waals surface area contributed by atoms with Crippen molar-refractivity contribution in [3.63, 3.8) is 0 Å². The van der Waals surface area contributed by atoms with Gasteiger partial charge in [0.05, 0.1) is 18.1 Å². The van der Waals surface area contributed by atoms with Crippen LogP contribution in [0.15, 0.2) is 12.2 Å². The van der Waals surface area contributed by atoms with E-state index < -0.39 is 29.7 Å². The molecule has 0 fully saturated rings. The van der Waals surface area contributed by atoms with Crippen LogP contribution in [-0.2, 0) is 20.7 Å². The van der Waals surface area contributed by atoms with E-state index in [1.54, 1.807) is 19.1 Å². The topological polar surface area (TPSA) is 95.5 Å². The second kappa shape index (κ2) is 8.29. The van der Waals surface area contributed by atoms with Crippen LogP contribution in [0.4, 0.5) is 5.00 Å². The Morgan fingerprint density at radius 1 is 1.24 bits per heavy atom. The van der Waals surface area contributed by atoms with Crippen LogP contribution in [0.2, 0.25) is 0 Å². The smallest absolute Gasteiger partial charge is 0.341 e. The Balaban J connectivity index is 2.30. The zero-order valence-electron chi connectivity index (χ0n) is 14.6. The van der Waals surface area contributed by atoms with Gasteiger partial charge in [-0.25, -0.2) is 4.79 Å². The van der Waals surface area contributed by atoms with Crippen LogP contribution in [0.1, 0.15) is 47.5 Å². The molecule has 6 nitrogen and oxygen atoms in total. The number of aliphatic carboxylic acids is 1. The Morgan fingerprint density at radius 2 is 1.88 bits per heavy atom. The first kappa shape index (κ1) is 19.2. The molecule has 1 heterocycles. The van der Waals surface area contributed by atoms with Gasteiger partial charge < -0.3 is 20.0 Å². The molecule has 1 aliphatic rings. The molecule has 1 amide bonds. The predicted octanol–water partition coefficient (Wildman–Crippen LogP) is 2.07. The first-order chi connectivity index (χ1) is 11.9. The van der Waals surface area contributed by atoms with E-state index in [0.29, 0.717) is 23.4 Å². The van der Waals surface area contributed by atoms with Crippen LogP contribution < -0.4 is 10.4 Å². The molecule has 0 aromatic carbocycles. The van der Waals surface area contributed by atoms with Crippen LogP contribution in [0.5, 0.6) is 0 Å². The largest absolute Gasteiger partial charge is 0.550 e. The maximum atomic E-state index is 12.6. The lowest BCUT2D eigenvalue weighted by Gasteiger charge is -2.28. The monoisotopic (exact) mass is 364 g/mol. The molecule has 0 spiro atoms. The number of anilines is 1. The van der Waals surface area contributed by atoms with Crippen LogP contribution in [0, 0.1) is 18.8 Å². The summed E-state index contributed by atoms with van der Waals surface area (Å²) in [5, 5.41) is 14.5. The number of allylic oxidation sites excluding steroid dienone is 2. The first-order valence-electron chi connectivity index (χ1n) is 8.36. The van der Waals surface area contributed by atoms with Gasteiger partial charge in [-0.3, -0.25) is 4.79 Å². The maximum absolute atomic E-state index is 12.6. The fourth-order valence-corrected chi connectivity index (χ4v) is 4.22. The van der Waals surface area contributed by atoms with Gasteiger partial charge in [0, 0.05) is 16.8 Å². The summed E-state index contributed by atoms with van der Waals surface area (Å²) < 4.78 is 5.11. The summed E-state index contributed by atoms with van der Waals surface area (Å²) in [7, 11) is 0. The van der Waals surface area contributed by atoms with Gasteiger partial charge in [-0.15, -0.1) is 11.3 Å². The number of esters is 1. The number of carboxylic acids is 1. The molecule has 1 aliphatic carbocycles. The summed E-state index contributed by atoms with van der Waals surface area (Å²) in [6.07, 6.45) is 4.80. The lowest BCUT2D eigenvalue weighted by atomic mass is 9.82. The number of ether oxygens (including phenoxy) is 1. The molecule has 0 saturated carbocycles. The van der Waals surface area contributed by atoms with Crippen LogP contribution in [-0.4, -0.2) is 24.5 Å². The minimum atomic E-state index is -1.23. The predicted molar refractivity (Wildman–Crippen MR) is 93.4 cm³/mol. The summed E-state index contributed by atoms with van der Waals surface area (Å²) in [4.78, 5) is 37.2. The van der Waals surface area contributed by atoms with Gasteiger partial charge in [0.15, 0.2) is 0 Å². The highest BCUT2D eigenvalue weighted by atomic mass is 32.1. The Morgan fingerprint density at radius 3 is 2.44 bits per heavy atom. The number of aryl methyl sites for hydroxylation is 1. The normalized spacial score (nSPS) is 19.5. The van der Waals surface area contributed by atoms with Crippen molar-refractivity contribution in [3.05, 3.63) is 28.2 Å². The number of carbonyl (C=O) groups excluding carboxylic acids is 3. The van der Waals surface area contributed by atoms with Crippen molar-refractivity contribution >= 4 is 34.2 Å². The van der Waals surface area contributed by atoms with E-state index in [0.717, 1.165) is 10.4 Å². The number of rotatable bonds is 6. The molecule has 0 radical (unpaired) electrons. The molecule has 1 aromatic heterocycles. The lowest BCUT2D eigenvalue weighted by molar-refractivity contribution is -0.313. The number of hydrogen-bond acceptors (Lipinski definition) is 6. The molecule has 1 N–H and O–H groups in total. The third-order valence-electron chi connectivity index (χ3n) is 4.35. The van der Waals surface area contributed by atoms with Gasteiger partial charge in [-0.2, -0.15) is 0 Å². The molecule has 2 atom stereocenters. The Bertz CT molecular complexity index is 707. The van der Waals surface area contributed by atoms with E-state index in [-0.39, 0.29) is 13.0 Å². The van der Waals surface area contributed by atoms with Gasteiger partial charge in [0.1, 0.15) is 5.00 Å². The van der Waals surface area contributed by atoms with Crippen LogP contribution in [0.3, 0.4) is 0 Å². The quantitative estimate of drug-likeness (QED) is 0.616. The first-order valence-corrected chi connectivity index (χ1v) is 9.18. The number of carbonyl (C=O) groups is 3. The van der Waals surface area contributed by atoms with Gasteiger partial charge in [-0.05, 0) is 38.7 Å². The van der Waals surface area contributed by atoms with E-state index in [9.17, 15) is 19.5 Å². The van der Waals surface area contributed by atoms with Crippen LogP contribution >= 0.6 is 11.3 Å². The number of carboxylic acid groups (broad SMARTS) is 1. The second-order valence-electron chi connectivity index (χ2n) is 5.88. The van der Waals surface area contributed by atoms with Crippen molar-refractivity contribution in [1.29, 1.82) is 0 Å². The minimum Gasteiger partial charge on any atom is -0.550 e. The molecule has 0 aliphatic heterocycles. The SMILES string of the molecule is CCOC(=O)c1c(NC(=O)[C@@H]2CC=CC[C@H]2C(=O)[O-])sc(C)c1CC. The zero-order valence-corrected chi connectivity index (χ0v) is 15.4. The Kier molecular flexibility index (Phi) is 6.36. The average Bonchev–Trinajstić information content (AvgIpc) is 2.90. The van der Waals surface area contributed by atoms with Gasteiger partial charge in [0.2, 0.25) is 5.91 Å². The molecule has 25 heavy (non-hydrogen) atoms. The van der Waals surface area contributed by atoms with Gasteiger partial charge in [0.25, 0.3) is 0 Å². The van der Waals surface area contributed by atoms with E-state index in [4.69, 9.17) is 4.74 Å². The summed E-state index contributed by atoms with van der Waals surface area (Å²) >= 11 is 1.31. The fourth-order valence-electron chi connectivity index (χ4n) is 3.08. The van der Waals surface area contributed by atoms with Crippen molar-refractivity contribution in [2.75, 3.05) is 11.9 Å². The molecule has 2 rings (SSSR count). The van der Waals surface area contributed by atoms with Crippen molar-refractivity contribution in [3.8, 4) is 0 Å². The average molecular weight is 364 g/mol. The summed E-state index contributed by atoms with van der Waals surface area (Å²) in [5.41, 5.74) is 1.22. The van der Waals surface area contributed by atoms with Crippen molar-refractivity contribution < 1.29 is 24.2 Å². The van der Waals surface area contributed by atoms with Crippen molar-refractivity contribution in [1.82, 2.24) is 0 Å². The zero-order chi connectivity index (χ0) is 18.6. The number of amides is 1. The molecule has 7 heteroatoms. The molecule has 0 saturated heterocycles. The second-order valence-corrected chi connectivity index (χ2v) is 7.10. The minimum absolute atomic E-state index is 0.241. The van der Waals surface area contributed by atoms with E-state index in [1.165, 1.54) is 11.3 Å². The van der Waals surface area contributed by atoms with Gasteiger partial charge in [-0.1, -0.05) is 19.1 Å². The third-order valence-corrected chi connectivity index (χ3v) is 5.41. The van der Waals surface area contributed by atoms with Crippen molar-refractivity contribution in [2.24, 2.45) is 11.8 Å². The summed E-state index contributed by atoms with van der Waals surface area (Å²) in [6.45, 7) is 5.78. The Hall–Kier alpha value is -2.15. The summed E-state index contributed by atoms with van der Waals surface area (Å²) in [5.74, 6) is -3.68. The molecule has 0 unspecified atom stereocenters. The maximum Gasteiger partial charge on any atom is 0.341 e. The fraction of sp³-hybridized carbons (Fsp3) is 0.500. The van der Waals surface area contributed by atoms with E-state index in [2.05, 4.69) is 5.32 Å². The van der Waals surface area contributed by atoms with Crippen LogP contribution in [0.25, 0.3) is 0 Å². The number of thiophene rings is 1. The standard InChI is InChI=1S/C18H23NO5S/c1-4-11-10(3)25-16(14(11)18(23)24-5-2)19-15(20)12-8-6-7-9-13(12)17(21)22/h6-7,12-13H,4-5,8-9H2,1-3H3,(H,19,20)(H,21,22)/p-1/t12-,13-/m1/s1. The summed E-state index contributed by atoms with van der Waals surface area (Å²) in [6, 6.07) is 0. The highest BCUT2D eigenvalue weighted by Gasteiger charge is 2.32. The molecular weight excluding hydrogens is 342 g/mol. The third kappa shape index (κ3) is 4.10. The molecule has 0 bridgehead atoms. The number of hydrogen-bond donors (Lipinski definition) is 1. The van der Waals surface area contributed by atoms with Gasteiger partial charge >= 0.3 is 5.97 Å². The Labute approximate surface area is 150 Å². The number of nitrogens with one attached hydrogen (secondary N) is 1. The molecule has 136 valence electrons. The van der Waals surface area contributed by atoms with E-state index >= 15 is 0 Å². The van der Waals surface area contributed by atoms with E-state index in [1.807, 2.05) is 13.8 Å². The molecule has 1 aromatic rings. The lowest BCUT2D eigenvalue weighted by Crippen LogP contribution is -2.41. The highest BCUT2D eigenvalue weighted by molar-refractivity contribution is 7.16. The van der Waals surface area contributed by atoms with Crippen molar-refractivity contribution in [2.45, 2.75) is 40.0 Å². The molecular formula is C18H22NO5S-. The highest BCUT2D eigenvalue weighted by Crippen LogP contribution is 2.35.